The van der Waals surface area contributed by atoms with Crippen LogP contribution in [0.3, 0.4) is 0 Å². The topological polar surface area (TPSA) is 29.0 Å². The Morgan fingerprint density at radius 3 is 3.11 bits per heavy atom. The Balaban J connectivity index is 1.78. The molecule has 0 aliphatic carbocycles. The van der Waals surface area contributed by atoms with Gasteiger partial charge in [0.25, 0.3) is 0 Å². The first-order valence-corrected chi connectivity index (χ1v) is 7.25. The summed E-state index contributed by atoms with van der Waals surface area (Å²) in [7, 11) is 0. The molecule has 0 saturated carbocycles. The Hall–Kier alpha value is -1.26. The first-order chi connectivity index (χ1) is 8.84. The van der Waals surface area contributed by atoms with Crippen LogP contribution in [0, 0.1) is 6.92 Å². The van der Waals surface area contributed by atoms with E-state index in [1.165, 1.54) is 29.8 Å². The van der Waals surface area contributed by atoms with Crippen molar-refractivity contribution < 1.29 is 0 Å². The SMILES string of the molecule is Cc1ccsc1CN1CCC[C@@H]1c1cnccn1. The van der Waals surface area contributed by atoms with Gasteiger partial charge in [0.05, 0.1) is 11.7 Å². The van der Waals surface area contributed by atoms with Gasteiger partial charge in [-0.15, -0.1) is 11.3 Å². The number of aryl methyl sites for hydroxylation is 1. The molecule has 2 aromatic heterocycles. The van der Waals surface area contributed by atoms with Gasteiger partial charge in [-0.25, -0.2) is 0 Å². The number of nitrogens with zero attached hydrogens (tertiary/aromatic N) is 3. The molecule has 0 aromatic carbocycles. The number of thiophene rings is 1. The standard InChI is InChI=1S/C14H17N3S/c1-11-4-8-18-14(11)10-17-7-2-3-13(17)12-9-15-5-6-16-12/h4-6,8-9,13H,2-3,7,10H2,1H3/t13-/m1/s1. The van der Waals surface area contributed by atoms with Gasteiger partial charge < -0.3 is 0 Å². The summed E-state index contributed by atoms with van der Waals surface area (Å²) in [6.45, 7) is 4.41. The average molecular weight is 259 g/mol. The third-order valence-electron chi connectivity index (χ3n) is 3.60. The second-order valence-corrected chi connectivity index (χ2v) is 5.79. The molecule has 3 heterocycles. The van der Waals surface area contributed by atoms with Crippen LogP contribution < -0.4 is 0 Å². The van der Waals surface area contributed by atoms with E-state index in [1.807, 2.05) is 17.5 Å². The van der Waals surface area contributed by atoms with Crippen LogP contribution in [-0.4, -0.2) is 21.4 Å². The first-order valence-electron chi connectivity index (χ1n) is 6.37. The lowest BCUT2D eigenvalue weighted by atomic mass is 10.1. The van der Waals surface area contributed by atoms with Crippen molar-refractivity contribution in [1.29, 1.82) is 0 Å². The highest BCUT2D eigenvalue weighted by molar-refractivity contribution is 7.10. The monoisotopic (exact) mass is 259 g/mol. The maximum atomic E-state index is 4.46. The lowest BCUT2D eigenvalue weighted by Gasteiger charge is -2.23. The van der Waals surface area contributed by atoms with Crippen molar-refractivity contribution in [3.8, 4) is 0 Å². The highest BCUT2D eigenvalue weighted by Crippen LogP contribution is 2.32. The van der Waals surface area contributed by atoms with Crippen molar-refractivity contribution in [3.63, 3.8) is 0 Å². The highest BCUT2D eigenvalue weighted by Gasteiger charge is 2.27. The van der Waals surface area contributed by atoms with E-state index in [0.29, 0.717) is 6.04 Å². The fourth-order valence-electron chi connectivity index (χ4n) is 2.58. The number of hydrogen-bond acceptors (Lipinski definition) is 4. The molecule has 1 atom stereocenters. The van der Waals surface area contributed by atoms with Crippen LogP contribution in [0.25, 0.3) is 0 Å². The number of rotatable bonds is 3. The van der Waals surface area contributed by atoms with Gasteiger partial charge in [-0.05, 0) is 43.3 Å². The van der Waals surface area contributed by atoms with E-state index in [4.69, 9.17) is 0 Å². The predicted molar refractivity (Wildman–Crippen MR) is 73.5 cm³/mol. The maximum absolute atomic E-state index is 4.46. The van der Waals surface area contributed by atoms with Crippen LogP contribution in [0.5, 0.6) is 0 Å². The fraction of sp³-hybridized carbons (Fsp3) is 0.429. The van der Waals surface area contributed by atoms with Gasteiger partial charge in [0.15, 0.2) is 0 Å². The summed E-state index contributed by atoms with van der Waals surface area (Å²) in [6, 6.07) is 2.65. The molecule has 0 unspecified atom stereocenters. The molecule has 0 amide bonds. The lowest BCUT2D eigenvalue weighted by molar-refractivity contribution is 0.245. The molecule has 0 N–H and O–H groups in total. The summed E-state index contributed by atoms with van der Waals surface area (Å²) in [5.74, 6) is 0. The Labute approximate surface area is 112 Å². The zero-order valence-electron chi connectivity index (χ0n) is 10.5. The molecule has 0 bridgehead atoms. The van der Waals surface area contributed by atoms with Gasteiger partial charge in [-0.1, -0.05) is 0 Å². The summed E-state index contributed by atoms with van der Waals surface area (Å²) in [4.78, 5) is 12.7. The van der Waals surface area contributed by atoms with E-state index in [0.717, 1.165) is 12.2 Å². The van der Waals surface area contributed by atoms with E-state index in [9.17, 15) is 0 Å². The molecule has 4 heteroatoms. The predicted octanol–water partition coefficient (Wildman–Crippen LogP) is 3.18. The molecule has 0 radical (unpaired) electrons. The Kier molecular flexibility index (Phi) is 3.39. The molecule has 1 saturated heterocycles. The molecule has 2 aromatic rings. The molecule has 0 spiro atoms. The van der Waals surface area contributed by atoms with Crippen molar-refractivity contribution in [2.24, 2.45) is 0 Å². The normalized spacial score (nSPS) is 20.4. The summed E-state index contributed by atoms with van der Waals surface area (Å²) in [5, 5.41) is 2.18. The van der Waals surface area contributed by atoms with E-state index in [2.05, 4.69) is 33.2 Å². The van der Waals surface area contributed by atoms with E-state index >= 15 is 0 Å². The zero-order chi connectivity index (χ0) is 12.4. The van der Waals surface area contributed by atoms with E-state index in [1.54, 1.807) is 12.4 Å². The lowest BCUT2D eigenvalue weighted by Crippen LogP contribution is -2.23. The number of likely N-dealkylation sites (tertiary alicyclic amines) is 1. The zero-order valence-corrected chi connectivity index (χ0v) is 11.4. The largest absolute Gasteiger partial charge is 0.290 e. The van der Waals surface area contributed by atoms with Crippen LogP contribution in [0.2, 0.25) is 0 Å². The molecule has 3 nitrogen and oxygen atoms in total. The fourth-order valence-corrected chi connectivity index (χ4v) is 3.51. The van der Waals surface area contributed by atoms with Crippen LogP contribution in [0.1, 0.15) is 35.0 Å². The molecule has 18 heavy (non-hydrogen) atoms. The van der Waals surface area contributed by atoms with Crippen molar-refractivity contribution in [2.75, 3.05) is 6.54 Å². The molecule has 1 fully saturated rings. The smallest absolute Gasteiger partial charge is 0.0758 e. The minimum atomic E-state index is 0.445. The minimum absolute atomic E-state index is 0.445. The van der Waals surface area contributed by atoms with Crippen molar-refractivity contribution in [3.05, 3.63) is 46.2 Å². The van der Waals surface area contributed by atoms with Crippen molar-refractivity contribution in [2.45, 2.75) is 32.4 Å². The summed E-state index contributed by atoms with van der Waals surface area (Å²) in [6.07, 6.45) is 7.90. The maximum Gasteiger partial charge on any atom is 0.0758 e. The van der Waals surface area contributed by atoms with Crippen molar-refractivity contribution in [1.82, 2.24) is 14.9 Å². The van der Waals surface area contributed by atoms with Gasteiger partial charge in [0.2, 0.25) is 0 Å². The molecule has 3 rings (SSSR count). The molecule has 1 aliphatic rings. The summed E-state index contributed by atoms with van der Waals surface area (Å²) >= 11 is 1.86. The second-order valence-electron chi connectivity index (χ2n) is 4.79. The second kappa shape index (κ2) is 5.16. The molecular formula is C14H17N3S. The molecule has 1 aliphatic heterocycles. The van der Waals surface area contributed by atoms with Gasteiger partial charge in [0, 0.05) is 30.0 Å². The quantitative estimate of drug-likeness (QED) is 0.847. The number of aromatic nitrogens is 2. The Bertz CT molecular complexity index is 509. The third kappa shape index (κ3) is 2.31. The van der Waals surface area contributed by atoms with Gasteiger partial charge in [-0.3, -0.25) is 14.9 Å². The van der Waals surface area contributed by atoms with Crippen LogP contribution in [-0.2, 0) is 6.54 Å². The van der Waals surface area contributed by atoms with Gasteiger partial charge in [-0.2, -0.15) is 0 Å². The average Bonchev–Trinajstić information content (AvgIpc) is 3.01. The van der Waals surface area contributed by atoms with Crippen LogP contribution in [0.4, 0.5) is 0 Å². The summed E-state index contributed by atoms with van der Waals surface area (Å²) < 4.78 is 0. The minimum Gasteiger partial charge on any atom is -0.290 e. The van der Waals surface area contributed by atoms with Gasteiger partial charge >= 0.3 is 0 Å². The van der Waals surface area contributed by atoms with E-state index in [-0.39, 0.29) is 0 Å². The Morgan fingerprint density at radius 2 is 2.39 bits per heavy atom. The van der Waals surface area contributed by atoms with Gasteiger partial charge in [0.1, 0.15) is 0 Å². The summed E-state index contributed by atoms with van der Waals surface area (Å²) in [5.41, 5.74) is 2.52. The van der Waals surface area contributed by atoms with Crippen LogP contribution >= 0.6 is 11.3 Å². The molecule has 94 valence electrons. The Morgan fingerprint density at radius 1 is 1.44 bits per heavy atom. The number of hydrogen-bond donors (Lipinski definition) is 0. The molecular weight excluding hydrogens is 242 g/mol. The third-order valence-corrected chi connectivity index (χ3v) is 4.61. The van der Waals surface area contributed by atoms with Crippen LogP contribution in [0.15, 0.2) is 30.0 Å². The first kappa shape index (κ1) is 11.8. The van der Waals surface area contributed by atoms with E-state index < -0.39 is 0 Å². The highest BCUT2D eigenvalue weighted by atomic mass is 32.1. The van der Waals surface area contributed by atoms with Crippen molar-refractivity contribution >= 4 is 11.3 Å².